The van der Waals surface area contributed by atoms with Crippen LogP contribution in [0.2, 0.25) is 0 Å². The third-order valence-corrected chi connectivity index (χ3v) is 3.65. The summed E-state index contributed by atoms with van der Waals surface area (Å²) in [7, 11) is 2.89. The fraction of sp³-hybridized carbons (Fsp3) is 0.176. The molecule has 3 rings (SSSR count). The fourth-order valence-corrected chi connectivity index (χ4v) is 2.37. The molecule has 0 saturated heterocycles. The van der Waals surface area contributed by atoms with Gasteiger partial charge in [0.05, 0.1) is 38.0 Å². The van der Waals surface area contributed by atoms with Crippen LogP contribution in [0.15, 0.2) is 36.5 Å². The molecule has 7 heteroatoms. The molecular weight excluding hydrogens is 310 g/mol. The Hall–Kier alpha value is -3.22. The molecule has 3 N–H and O–H groups in total. The molecule has 0 spiro atoms. The summed E-state index contributed by atoms with van der Waals surface area (Å²) < 4.78 is 15.9. The smallest absolute Gasteiger partial charge is 0.309 e. The Labute approximate surface area is 138 Å². The highest BCUT2D eigenvalue weighted by atomic mass is 16.5. The molecule has 0 bridgehead atoms. The van der Waals surface area contributed by atoms with Crippen LogP contribution in [0.4, 0.5) is 5.69 Å². The number of fused-ring (bicyclic) bond motifs is 1. The summed E-state index contributed by atoms with van der Waals surface area (Å²) in [5.74, 6) is 1.19. The number of rotatable bonds is 5. The van der Waals surface area contributed by atoms with Gasteiger partial charge in [-0.1, -0.05) is 6.07 Å². The summed E-state index contributed by atoms with van der Waals surface area (Å²) in [6.07, 6.45) is 1.81. The van der Waals surface area contributed by atoms with Gasteiger partial charge in [-0.3, -0.25) is 9.89 Å². The molecule has 0 amide bonds. The summed E-state index contributed by atoms with van der Waals surface area (Å²) >= 11 is 0. The van der Waals surface area contributed by atoms with Gasteiger partial charge in [0.15, 0.2) is 17.2 Å². The molecule has 0 fully saturated rings. The van der Waals surface area contributed by atoms with Crippen molar-refractivity contribution in [3.05, 3.63) is 42.1 Å². The maximum Gasteiger partial charge on any atom is 0.309 e. The first-order valence-electron chi connectivity index (χ1n) is 7.25. The highest BCUT2D eigenvalue weighted by Gasteiger charge is 2.13. The number of benzene rings is 2. The number of esters is 1. The average molecular weight is 327 g/mol. The minimum atomic E-state index is -0.319. The zero-order chi connectivity index (χ0) is 17.1. The Morgan fingerprint density at radius 1 is 1.17 bits per heavy atom. The van der Waals surface area contributed by atoms with Crippen LogP contribution in [-0.4, -0.2) is 30.4 Å². The number of anilines is 1. The van der Waals surface area contributed by atoms with E-state index in [9.17, 15) is 4.79 Å². The van der Waals surface area contributed by atoms with Crippen LogP contribution in [0, 0.1) is 0 Å². The number of carbonyl (C=O) groups is 1. The van der Waals surface area contributed by atoms with Crippen LogP contribution in [-0.2, 0) is 16.0 Å². The summed E-state index contributed by atoms with van der Waals surface area (Å²) in [6, 6.07) is 8.85. The van der Waals surface area contributed by atoms with Gasteiger partial charge in [0.25, 0.3) is 0 Å². The molecule has 1 aromatic heterocycles. The normalized spacial score (nSPS) is 10.6. The summed E-state index contributed by atoms with van der Waals surface area (Å²) in [6.45, 7) is 0. The van der Waals surface area contributed by atoms with Crippen molar-refractivity contribution in [1.29, 1.82) is 0 Å². The lowest BCUT2D eigenvalue weighted by atomic mass is 10.1. The predicted molar refractivity (Wildman–Crippen MR) is 89.3 cm³/mol. The topological polar surface area (TPSA) is 99.5 Å². The standard InChI is InChI=1S/C17H17N3O4/c1-22-15-7-10(8-16(21)23-2)3-5-13(15)24-14-6-4-12-11(17(14)18)9-19-20-12/h3-7,9H,8,18H2,1-2H3,(H,19,20). The van der Waals surface area contributed by atoms with Gasteiger partial charge in [0.2, 0.25) is 0 Å². The molecule has 0 saturated carbocycles. The van der Waals surface area contributed by atoms with E-state index in [-0.39, 0.29) is 12.4 Å². The SMILES string of the molecule is COC(=O)Cc1ccc(Oc2ccc3[nH]ncc3c2N)c(OC)c1. The Bertz CT molecular complexity index is 889. The monoisotopic (exact) mass is 327 g/mol. The first kappa shape index (κ1) is 15.7. The lowest BCUT2D eigenvalue weighted by Gasteiger charge is -2.13. The van der Waals surface area contributed by atoms with Crippen LogP contribution < -0.4 is 15.2 Å². The van der Waals surface area contributed by atoms with E-state index >= 15 is 0 Å². The van der Waals surface area contributed by atoms with Crippen LogP contribution in [0.5, 0.6) is 17.2 Å². The second-order valence-corrected chi connectivity index (χ2v) is 5.15. The van der Waals surface area contributed by atoms with Crippen LogP contribution >= 0.6 is 0 Å². The number of nitrogens with zero attached hydrogens (tertiary/aromatic N) is 1. The number of carbonyl (C=O) groups excluding carboxylic acids is 1. The van der Waals surface area contributed by atoms with Gasteiger partial charge >= 0.3 is 5.97 Å². The van der Waals surface area contributed by atoms with Crippen molar-refractivity contribution < 1.29 is 19.0 Å². The van der Waals surface area contributed by atoms with E-state index in [1.165, 1.54) is 14.2 Å². The Morgan fingerprint density at radius 2 is 1.96 bits per heavy atom. The van der Waals surface area contributed by atoms with Crippen molar-refractivity contribution in [2.45, 2.75) is 6.42 Å². The van der Waals surface area contributed by atoms with Crippen molar-refractivity contribution >= 4 is 22.6 Å². The molecular formula is C17H17N3O4. The second-order valence-electron chi connectivity index (χ2n) is 5.15. The molecule has 0 aliphatic rings. The van der Waals surface area contributed by atoms with Gasteiger partial charge in [-0.05, 0) is 29.8 Å². The number of aromatic nitrogens is 2. The second kappa shape index (κ2) is 6.49. The third kappa shape index (κ3) is 2.96. The molecule has 0 unspecified atom stereocenters. The number of hydrogen-bond acceptors (Lipinski definition) is 6. The fourth-order valence-electron chi connectivity index (χ4n) is 2.37. The van der Waals surface area contributed by atoms with Crippen molar-refractivity contribution in [3.63, 3.8) is 0 Å². The van der Waals surface area contributed by atoms with E-state index in [2.05, 4.69) is 14.9 Å². The zero-order valence-electron chi connectivity index (χ0n) is 13.3. The third-order valence-electron chi connectivity index (χ3n) is 3.65. The van der Waals surface area contributed by atoms with Crippen LogP contribution in [0.25, 0.3) is 10.9 Å². The van der Waals surface area contributed by atoms with Crippen LogP contribution in [0.1, 0.15) is 5.56 Å². The predicted octanol–water partition coefficient (Wildman–Crippen LogP) is 2.66. The number of H-pyrrole nitrogens is 1. The lowest BCUT2D eigenvalue weighted by Crippen LogP contribution is -2.04. The van der Waals surface area contributed by atoms with E-state index < -0.39 is 0 Å². The molecule has 24 heavy (non-hydrogen) atoms. The molecule has 7 nitrogen and oxygen atoms in total. The quantitative estimate of drug-likeness (QED) is 0.552. The Morgan fingerprint density at radius 3 is 2.71 bits per heavy atom. The summed E-state index contributed by atoms with van der Waals surface area (Å²) in [4.78, 5) is 11.4. The molecule has 0 aliphatic heterocycles. The number of nitrogen functional groups attached to an aromatic ring is 1. The van der Waals surface area contributed by atoms with Crippen molar-refractivity contribution in [2.75, 3.05) is 20.0 Å². The molecule has 2 aromatic carbocycles. The number of aromatic amines is 1. The van der Waals surface area contributed by atoms with Gasteiger partial charge in [0.1, 0.15) is 0 Å². The molecule has 0 atom stereocenters. The highest BCUT2D eigenvalue weighted by molar-refractivity contribution is 5.93. The number of nitrogens with two attached hydrogens (primary N) is 1. The Balaban J connectivity index is 1.90. The number of hydrogen-bond donors (Lipinski definition) is 2. The molecule has 124 valence electrons. The van der Waals surface area contributed by atoms with E-state index in [0.29, 0.717) is 22.9 Å². The van der Waals surface area contributed by atoms with E-state index in [1.54, 1.807) is 30.5 Å². The molecule has 3 aromatic rings. The first-order valence-corrected chi connectivity index (χ1v) is 7.25. The zero-order valence-corrected chi connectivity index (χ0v) is 13.3. The van der Waals surface area contributed by atoms with E-state index in [4.69, 9.17) is 15.2 Å². The van der Waals surface area contributed by atoms with Crippen molar-refractivity contribution in [2.24, 2.45) is 0 Å². The van der Waals surface area contributed by atoms with Gasteiger partial charge < -0.3 is 19.9 Å². The van der Waals surface area contributed by atoms with Gasteiger partial charge in [0, 0.05) is 5.39 Å². The van der Waals surface area contributed by atoms with Gasteiger partial charge in [-0.25, -0.2) is 0 Å². The number of methoxy groups -OCH3 is 2. The number of nitrogens with one attached hydrogen (secondary N) is 1. The van der Waals surface area contributed by atoms with Crippen molar-refractivity contribution in [3.8, 4) is 17.2 Å². The first-order chi connectivity index (χ1) is 11.6. The summed E-state index contributed by atoms with van der Waals surface area (Å²) in [5, 5.41) is 7.60. The van der Waals surface area contributed by atoms with Crippen molar-refractivity contribution in [1.82, 2.24) is 10.2 Å². The molecule has 0 aliphatic carbocycles. The Kier molecular flexibility index (Phi) is 4.24. The average Bonchev–Trinajstić information content (AvgIpc) is 3.07. The maximum atomic E-state index is 11.4. The maximum absolute atomic E-state index is 11.4. The molecule has 0 radical (unpaired) electrons. The minimum absolute atomic E-state index is 0.163. The van der Waals surface area contributed by atoms with Gasteiger partial charge in [-0.2, -0.15) is 5.10 Å². The van der Waals surface area contributed by atoms with E-state index in [1.807, 2.05) is 6.07 Å². The largest absolute Gasteiger partial charge is 0.493 e. The van der Waals surface area contributed by atoms with E-state index in [0.717, 1.165) is 16.5 Å². The van der Waals surface area contributed by atoms with Crippen LogP contribution in [0.3, 0.4) is 0 Å². The minimum Gasteiger partial charge on any atom is -0.493 e. The molecule has 1 heterocycles. The number of ether oxygens (including phenoxy) is 3. The summed E-state index contributed by atoms with van der Waals surface area (Å²) in [5.41, 5.74) is 8.22. The van der Waals surface area contributed by atoms with Gasteiger partial charge in [-0.15, -0.1) is 0 Å². The highest BCUT2D eigenvalue weighted by Crippen LogP contribution is 2.37. The lowest BCUT2D eigenvalue weighted by molar-refractivity contribution is -0.139.